The maximum Gasteiger partial charge on any atom is 0.308 e. The zero-order valence-electron chi connectivity index (χ0n) is 12.1. The molecule has 2 rings (SSSR count). The lowest BCUT2D eigenvalue weighted by Crippen LogP contribution is -2.33. The number of carbonyl (C=O) groups is 2. The summed E-state index contributed by atoms with van der Waals surface area (Å²) in [6, 6.07) is 6.99. The van der Waals surface area contributed by atoms with Gasteiger partial charge in [0.2, 0.25) is 0 Å². The minimum absolute atomic E-state index is 0.0386. The summed E-state index contributed by atoms with van der Waals surface area (Å²) in [5.74, 6) is -0.389. The zero-order chi connectivity index (χ0) is 15.4. The number of hydrogen-bond acceptors (Lipinski definition) is 4. The molecule has 0 aromatic heterocycles. The third-order valence-electron chi connectivity index (χ3n) is 3.69. The van der Waals surface area contributed by atoms with Crippen molar-refractivity contribution in [2.24, 2.45) is 11.8 Å². The van der Waals surface area contributed by atoms with Crippen LogP contribution < -0.4 is 9.47 Å². The second-order valence-corrected chi connectivity index (χ2v) is 5.19. The Bertz CT molecular complexity index is 531. The van der Waals surface area contributed by atoms with Gasteiger partial charge in [0.05, 0.1) is 13.0 Å². The van der Waals surface area contributed by atoms with Crippen LogP contribution in [0.25, 0.3) is 0 Å². The van der Waals surface area contributed by atoms with Crippen LogP contribution in [0.4, 0.5) is 0 Å². The number of benzene rings is 1. The van der Waals surface area contributed by atoms with Crippen LogP contribution in [0.15, 0.2) is 24.3 Å². The molecule has 0 radical (unpaired) electrons. The molecule has 1 fully saturated rings. The maximum atomic E-state index is 12.1. The van der Waals surface area contributed by atoms with Crippen molar-refractivity contribution < 1.29 is 24.2 Å². The van der Waals surface area contributed by atoms with Gasteiger partial charge in [-0.25, -0.2) is 0 Å². The largest absolute Gasteiger partial charge is 0.497 e. The number of likely N-dealkylation sites (tertiary alicyclic amines) is 1. The highest BCUT2D eigenvalue weighted by Crippen LogP contribution is 2.24. The van der Waals surface area contributed by atoms with Crippen molar-refractivity contribution >= 4 is 11.9 Å². The molecule has 1 heterocycles. The molecule has 2 atom stereocenters. The van der Waals surface area contributed by atoms with E-state index in [0.717, 1.165) is 0 Å². The van der Waals surface area contributed by atoms with Gasteiger partial charge >= 0.3 is 5.97 Å². The van der Waals surface area contributed by atoms with E-state index in [-0.39, 0.29) is 25.0 Å². The van der Waals surface area contributed by atoms with Gasteiger partial charge < -0.3 is 19.5 Å². The molecule has 0 spiro atoms. The second kappa shape index (κ2) is 6.47. The number of carboxylic acid groups (broad SMARTS) is 1. The van der Waals surface area contributed by atoms with Gasteiger partial charge in [0.1, 0.15) is 11.5 Å². The van der Waals surface area contributed by atoms with Crippen molar-refractivity contribution in [3.63, 3.8) is 0 Å². The van der Waals surface area contributed by atoms with E-state index in [0.29, 0.717) is 18.0 Å². The number of carbonyl (C=O) groups excluding carboxylic acids is 1. The first-order valence-electron chi connectivity index (χ1n) is 6.78. The third-order valence-corrected chi connectivity index (χ3v) is 3.69. The summed E-state index contributed by atoms with van der Waals surface area (Å²) in [6.07, 6.45) is 0. The normalized spacial score (nSPS) is 21.1. The average Bonchev–Trinajstić information content (AvgIpc) is 2.87. The molecule has 114 valence electrons. The van der Waals surface area contributed by atoms with Crippen molar-refractivity contribution in [1.29, 1.82) is 0 Å². The number of aliphatic carboxylic acids is 1. The number of nitrogens with zero attached hydrogens (tertiary/aromatic N) is 1. The van der Waals surface area contributed by atoms with E-state index in [1.165, 1.54) is 0 Å². The van der Waals surface area contributed by atoms with Crippen LogP contribution in [-0.4, -0.2) is 48.7 Å². The van der Waals surface area contributed by atoms with Gasteiger partial charge in [-0.3, -0.25) is 9.59 Å². The van der Waals surface area contributed by atoms with Crippen LogP contribution >= 0.6 is 0 Å². The van der Waals surface area contributed by atoms with E-state index in [1.54, 1.807) is 36.3 Å². The van der Waals surface area contributed by atoms with Crippen LogP contribution in [0.5, 0.6) is 11.5 Å². The van der Waals surface area contributed by atoms with Crippen molar-refractivity contribution in [2.45, 2.75) is 6.92 Å². The quantitative estimate of drug-likeness (QED) is 0.884. The highest BCUT2D eigenvalue weighted by atomic mass is 16.5. The summed E-state index contributed by atoms with van der Waals surface area (Å²) in [4.78, 5) is 24.7. The topological polar surface area (TPSA) is 76.1 Å². The van der Waals surface area contributed by atoms with E-state index < -0.39 is 11.9 Å². The monoisotopic (exact) mass is 293 g/mol. The van der Waals surface area contributed by atoms with Crippen LogP contribution in [-0.2, 0) is 9.59 Å². The van der Waals surface area contributed by atoms with Crippen molar-refractivity contribution in [1.82, 2.24) is 4.90 Å². The van der Waals surface area contributed by atoms with E-state index in [1.807, 2.05) is 6.92 Å². The molecular weight excluding hydrogens is 274 g/mol. The maximum absolute atomic E-state index is 12.1. The molecule has 6 nitrogen and oxygen atoms in total. The molecule has 21 heavy (non-hydrogen) atoms. The van der Waals surface area contributed by atoms with Crippen LogP contribution in [0, 0.1) is 11.8 Å². The van der Waals surface area contributed by atoms with Gasteiger partial charge in [-0.05, 0) is 18.1 Å². The summed E-state index contributed by atoms with van der Waals surface area (Å²) in [5.41, 5.74) is 0. The summed E-state index contributed by atoms with van der Waals surface area (Å²) in [5, 5.41) is 9.07. The molecule has 0 aliphatic carbocycles. The minimum Gasteiger partial charge on any atom is -0.497 e. The molecule has 1 aliphatic heterocycles. The molecule has 1 N–H and O–H groups in total. The lowest BCUT2D eigenvalue weighted by molar-refractivity contribution is -0.142. The number of hydrogen-bond donors (Lipinski definition) is 1. The number of amides is 1. The smallest absolute Gasteiger partial charge is 0.308 e. The Morgan fingerprint density at radius 2 is 2.05 bits per heavy atom. The van der Waals surface area contributed by atoms with Gasteiger partial charge in [0.25, 0.3) is 5.91 Å². The lowest BCUT2D eigenvalue weighted by atomic mass is 9.99. The third kappa shape index (κ3) is 3.65. The molecule has 1 aliphatic rings. The minimum atomic E-state index is -0.855. The van der Waals surface area contributed by atoms with E-state index in [9.17, 15) is 9.59 Å². The first-order chi connectivity index (χ1) is 10.0. The van der Waals surface area contributed by atoms with Crippen molar-refractivity contribution in [2.75, 3.05) is 26.8 Å². The lowest BCUT2D eigenvalue weighted by Gasteiger charge is -2.16. The molecule has 1 saturated heterocycles. The first kappa shape index (κ1) is 15.2. The van der Waals surface area contributed by atoms with Crippen LogP contribution in [0.1, 0.15) is 6.92 Å². The van der Waals surface area contributed by atoms with Crippen LogP contribution in [0.3, 0.4) is 0 Å². The predicted octanol–water partition coefficient (Wildman–Crippen LogP) is 1.25. The Labute approximate surface area is 123 Å². The Kier molecular flexibility index (Phi) is 4.67. The van der Waals surface area contributed by atoms with Crippen molar-refractivity contribution in [3.8, 4) is 11.5 Å². The predicted molar refractivity (Wildman–Crippen MR) is 75.4 cm³/mol. The fourth-order valence-corrected chi connectivity index (χ4v) is 2.42. The Balaban J connectivity index is 1.89. The summed E-state index contributed by atoms with van der Waals surface area (Å²) < 4.78 is 10.5. The number of ether oxygens (including phenoxy) is 2. The highest BCUT2D eigenvalue weighted by Gasteiger charge is 2.36. The molecule has 1 aromatic carbocycles. The molecule has 1 amide bonds. The van der Waals surface area contributed by atoms with E-state index in [2.05, 4.69) is 0 Å². The van der Waals surface area contributed by atoms with Gasteiger partial charge in [-0.2, -0.15) is 0 Å². The molecule has 0 bridgehead atoms. The van der Waals surface area contributed by atoms with Crippen molar-refractivity contribution in [3.05, 3.63) is 24.3 Å². The molecule has 0 unspecified atom stereocenters. The van der Waals surface area contributed by atoms with Gasteiger partial charge in [0.15, 0.2) is 6.61 Å². The number of rotatable bonds is 5. The fourth-order valence-electron chi connectivity index (χ4n) is 2.42. The van der Waals surface area contributed by atoms with Crippen LogP contribution in [0.2, 0.25) is 0 Å². The Morgan fingerprint density at radius 3 is 2.67 bits per heavy atom. The standard InChI is InChI=1S/C15H19NO5/c1-10-7-16(8-13(10)15(18)19)14(17)9-21-12-5-3-4-11(6-12)20-2/h3-6,10,13H,7-9H2,1-2H3,(H,18,19)/t10-,13-/m1/s1. The SMILES string of the molecule is COc1cccc(OCC(=O)N2C[C@@H](C)[C@H](C(=O)O)C2)c1. The molecule has 6 heteroatoms. The zero-order valence-corrected chi connectivity index (χ0v) is 12.1. The van der Waals surface area contributed by atoms with Gasteiger partial charge in [0, 0.05) is 19.2 Å². The van der Waals surface area contributed by atoms with Gasteiger partial charge in [-0.1, -0.05) is 13.0 Å². The molecular formula is C15H19NO5. The highest BCUT2D eigenvalue weighted by molar-refractivity contribution is 5.80. The second-order valence-electron chi connectivity index (χ2n) is 5.19. The number of methoxy groups -OCH3 is 1. The van der Waals surface area contributed by atoms with E-state index >= 15 is 0 Å². The summed E-state index contributed by atoms with van der Waals surface area (Å²) in [6.45, 7) is 2.44. The molecule has 0 saturated carbocycles. The summed E-state index contributed by atoms with van der Waals surface area (Å²) >= 11 is 0. The summed E-state index contributed by atoms with van der Waals surface area (Å²) in [7, 11) is 1.56. The van der Waals surface area contributed by atoms with E-state index in [4.69, 9.17) is 14.6 Å². The molecule has 1 aromatic rings. The average molecular weight is 293 g/mol. The Hall–Kier alpha value is -2.24. The number of carboxylic acids is 1. The fraction of sp³-hybridized carbons (Fsp3) is 0.467. The first-order valence-corrected chi connectivity index (χ1v) is 6.78. The Morgan fingerprint density at radius 1 is 1.33 bits per heavy atom. The van der Waals surface area contributed by atoms with Gasteiger partial charge in [-0.15, -0.1) is 0 Å².